The number of carbonyl (C=O) groups is 1. The lowest BCUT2D eigenvalue weighted by Crippen LogP contribution is -2.35. The molecule has 0 radical (unpaired) electrons. The summed E-state index contributed by atoms with van der Waals surface area (Å²) in [5, 5.41) is 0. The third-order valence-corrected chi connectivity index (χ3v) is 6.81. The molecule has 7 nitrogen and oxygen atoms in total. The van der Waals surface area contributed by atoms with Crippen LogP contribution in [0, 0.1) is 5.92 Å². The zero-order chi connectivity index (χ0) is 20.7. The minimum Gasteiger partial charge on any atom is -0.343 e. The summed E-state index contributed by atoms with van der Waals surface area (Å²) in [4.78, 5) is 29.0. The molecule has 0 aromatic carbocycles. The van der Waals surface area contributed by atoms with E-state index in [0.717, 1.165) is 61.9 Å². The van der Waals surface area contributed by atoms with Crippen LogP contribution < -0.4 is 4.90 Å². The maximum Gasteiger partial charge on any atom is 0.270 e. The van der Waals surface area contributed by atoms with Crippen LogP contribution in [0.3, 0.4) is 0 Å². The molecular formula is C23H32N6O. The van der Waals surface area contributed by atoms with Gasteiger partial charge in [0, 0.05) is 68.5 Å². The zero-order valence-corrected chi connectivity index (χ0v) is 18.1. The molecule has 30 heavy (non-hydrogen) atoms. The van der Waals surface area contributed by atoms with Crippen molar-refractivity contribution in [3.8, 4) is 11.1 Å². The van der Waals surface area contributed by atoms with Crippen LogP contribution >= 0.6 is 0 Å². The van der Waals surface area contributed by atoms with Gasteiger partial charge >= 0.3 is 0 Å². The van der Waals surface area contributed by atoms with Crippen molar-refractivity contribution in [2.75, 3.05) is 45.2 Å². The number of likely N-dealkylation sites (tertiary alicyclic amines) is 1. The van der Waals surface area contributed by atoms with Gasteiger partial charge in [0.05, 0.1) is 0 Å². The second-order valence-corrected chi connectivity index (χ2v) is 9.33. The Kier molecular flexibility index (Phi) is 5.23. The smallest absolute Gasteiger partial charge is 0.270 e. The zero-order valence-electron chi connectivity index (χ0n) is 18.1. The summed E-state index contributed by atoms with van der Waals surface area (Å²) in [7, 11) is 4.19. The quantitative estimate of drug-likeness (QED) is 0.736. The fraction of sp³-hybridized carbons (Fsp3) is 0.609. The molecule has 160 valence electrons. The molecule has 1 aliphatic carbocycles. The van der Waals surface area contributed by atoms with Crippen molar-refractivity contribution in [2.24, 2.45) is 5.92 Å². The highest BCUT2D eigenvalue weighted by Gasteiger charge is 2.31. The highest BCUT2D eigenvalue weighted by molar-refractivity contribution is 5.94. The molecule has 0 bridgehead atoms. The van der Waals surface area contributed by atoms with E-state index < -0.39 is 0 Å². The van der Waals surface area contributed by atoms with Gasteiger partial charge in [0.1, 0.15) is 5.69 Å². The van der Waals surface area contributed by atoms with Crippen molar-refractivity contribution in [1.82, 2.24) is 24.3 Å². The first-order valence-electron chi connectivity index (χ1n) is 11.3. The number of anilines is 1. The van der Waals surface area contributed by atoms with Gasteiger partial charge in [-0.05, 0) is 58.2 Å². The van der Waals surface area contributed by atoms with E-state index in [0.29, 0.717) is 12.0 Å². The molecule has 2 aromatic rings. The number of carbonyl (C=O) groups excluding carboxylic acids is 1. The number of hydrogen-bond donors (Lipinski definition) is 0. The molecule has 5 rings (SSSR count). The number of nitrogens with zero attached hydrogens (tertiary/aromatic N) is 6. The summed E-state index contributed by atoms with van der Waals surface area (Å²) in [5.74, 6) is 1.68. The molecule has 7 heteroatoms. The van der Waals surface area contributed by atoms with Crippen molar-refractivity contribution in [3.63, 3.8) is 0 Å². The Balaban J connectivity index is 1.38. The van der Waals surface area contributed by atoms with Crippen LogP contribution in [-0.2, 0) is 6.54 Å². The van der Waals surface area contributed by atoms with E-state index in [1.807, 2.05) is 23.4 Å². The minimum atomic E-state index is 0.154. The summed E-state index contributed by atoms with van der Waals surface area (Å²) in [6.45, 7) is 4.65. The van der Waals surface area contributed by atoms with Crippen LogP contribution in [0.1, 0.15) is 42.6 Å². The molecule has 2 saturated heterocycles. The van der Waals surface area contributed by atoms with E-state index in [9.17, 15) is 4.79 Å². The van der Waals surface area contributed by atoms with Crippen LogP contribution in [0.25, 0.3) is 11.1 Å². The van der Waals surface area contributed by atoms with Crippen LogP contribution in [0.5, 0.6) is 0 Å². The Morgan fingerprint density at radius 3 is 2.43 bits per heavy atom. The van der Waals surface area contributed by atoms with Crippen molar-refractivity contribution in [2.45, 2.75) is 44.7 Å². The minimum absolute atomic E-state index is 0.154. The molecular weight excluding hydrogens is 376 g/mol. The van der Waals surface area contributed by atoms with Gasteiger partial charge < -0.3 is 19.3 Å². The van der Waals surface area contributed by atoms with Gasteiger partial charge in [-0.25, -0.2) is 9.97 Å². The van der Waals surface area contributed by atoms with Gasteiger partial charge in [0.2, 0.25) is 5.95 Å². The Labute approximate surface area is 178 Å². The maximum atomic E-state index is 13.4. The normalized spacial score (nSPS) is 21.8. The monoisotopic (exact) mass is 408 g/mol. The third-order valence-electron chi connectivity index (χ3n) is 6.81. The van der Waals surface area contributed by atoms with Gasteiger partial charge in [-0.3, -0.25) is 4.79 Å². The van der Waals surface area contributed by atoms with Gasteiger partial charge in [0.15, 0.2) is 0 Å². The number of likely N-dealkylation sites (N-methyl/N-ethyl adjacent to an activating group) is 1. The van der Waals surface area contributed by atoms with E-state index in [1.54, 1.807) is 0 Å². The Bertz CT molecular complexity index is 895. The predicted molar refractivity (Wildman–Crippen MR) is 118 cm³/mol. The fourth-order valence-electron chi connectivity index (χ4n) is 4.64. The molecule has 1 amide bonds. The molecule has 1 saturated carbocycles. The second kappa shape index (κ2) is 8.02. The molecule has 3 aliphatic rings. The first kappa shape index (κ1) is 19.5. The van der Waals surface area contributed by atoms with Gasteiger partial charge in [-0.1, -0.05) is 0 Å². The highest BCUT2D eigenvalue weighted by Crippen LogP contribution is 2.33. The topological polar surface area (TPSA) is 57.5 Å². The van der Waals surface area contributed by atoms with Crippen LogP contribution in [0.2, 0.25) is 0 Å². The van der Waals surface area contributed by atoms with Crippen molar-refractivity contribution >= 4 is 11.9 Å². The SMILES string of the molecule is CN(C)C1CCN(C(=O)c2cc(-c3cnc(N4CCCC4)nc3)cn2CC2CC2)C1. The van der Waals surface area contributed by atoms with Gasteiger partial charge in [-0.15, -0.1) is 0 Å². The summed E-state index contributed by atoms with van der Waals surface area (Å²) in [6, 6.07) is 2.49. The first-order valence-corrected chi connectivity index (χ1v) is 11.3. The highest BCUT2D eigenvalue weighted by atomic mass is 16.2. The fourth-order valence-corrected chi connectivity index (χ4v) is 4.64. The molecule has 1 unspecified atom stereocenters. The number of aromatic nitrogens is 3. The molecule has 1 atom stereocenters. The van der Waals surface area contributed by atoms with Crippen molar-refractivity contribution in [1.29, 1.82) is 0 Å². The third kappa shape index (κ3) is 3.95. The summed E-state index contributed by atoms with van der Waals surface area (Å²) >= 11 is 0. The molecule has 0 N–H and O–H groups in total. The molecule has 2 aromatic heterocycles. The van der Waals surface area contributed by atoms with E-state index in [1.165, 1.54) is 25.7 Å². The molecule has 4 heterocycles. The van der Waals surface area contributed by atoms with Crippen molar-refractivity contribution < 1.29 is 4.79 Å². The average Bonchev–Trinajstić information content (AvgIpc) is 3.20. The maximum absolute atomic E-state index is 13.4. The van der Waals surface area contributed by atoms with Gasteiger partial charge in [-0.2, -0.15) is 0 Å². The lowest BCUT2D eigenvalue weighted by atomic mass is 10.2. The van der Waals surface area contributed by atoms with E-state index in [2.05, 4.69) is 44.6 Å². The largest absolute Gasteiger partial charge is 0.343 e. The Hall–Kier alpha value is -2.41. The summed E-state index contributed by atoms with van der Waals surface area (Å²) in [5.41, 5.74) is 2.82. The van der Waals surface area contributed by atoms with Crippen molar-refractivity contribution in [3.05, 3.63) is 30.4 Å². The number of hydrogen-bond acceptors (Lipinski definition) is 5. The van der Waals surface area contributed by atoms with Crippen LogP contribution in [-0.4, -0.2) is 76.6 Å². The lowest BCUT2D eigenvalue weighted by Gasteiger charge is -2.21. The van der Waals surface area contributed by atoms with Crippen LogP contribution in [0.4, 0.5) is 5.95 Å². The average molecular weight is 409 g/mol. The van der Waals surface area contributed by atoms with E-state index >= 15 is 0 Å². The first-order chi connectivity index (χ1) is 14.6. The van der Waals surface area contributed by atoms with Crippen LogP contribution in [0.15, 0.2) is 24.7 Å². The summed E-state index contributed by atoms with van der Waals surface area (Å²) in [6.07, 6.45) is 11.9. The summed E-state index contributed by atoms with van der Waals surface area (Å²) < 4.78 is 2.17. The Morgan fingerprint density at radius 2 is 1.80 bits per heavy atom. The molecule has 3 fully saturated rings. The Morgan fingerprint density at radius 1 is 1.07 bits per heavy atom. The van der Waals surface area contributed by atoms with E-state index in [-0.39, 0.29) is 5.91 Å². The standard InChI is InChI=1S/C23H32N6O/c1-26(2)20-7-10-28(16-20)22(30)21-11-18(15-29(21)14-17-5-6-17)19-12-24-23(25-13-19)27-8-3-4-9-27/h11-13,15,17,20H,3-10,14,16H2,1-2H3. The van der Waals surface area contributed by atoms with Gasteiger partial charge in [0.25, 0.3) is 5.91 Å². The lowest BCUT2D eigenvalue weighted by molar-refractivity contribution is 0.0772. The second-order valence-electron chi connectivity index (χ2n) is 9.33. The number of amides is 1. The van der Waals surface area contributed by atoms with E-state index in [4.69, 9.17) is 0 Å². The molecule has 0 spiro atoms. The molecule has 2 aliphatic heterocycles. The number of rotatable bonds is 6. The predicted octanol–water partition coefficient (Wildman–Crippen LogP) is 2.73.